The Morgan fingerprint density at radius 3 is 2.69 bits per heavy atom. The number of hydrogen-bond donors (Lipinski definition) is 3. The van der Waals surface area contributed by atoms with Crippen LogP contribution in [0.1, 0.15) is 32.1 Å². The number of carbonyl (C=O) groups excluding carboxylic acids is 1. The number of guanidine groups is 1. The first kappa shape index (κ1) is 20.0. The summed E-state index contributed by atoms with van der Waals surface area (Å²) >= 11 is 0. The van der Waals surface area contributed by atoms with Crippen LogP contribution in [0.15, 0.2) is 29.4 Å². The summed E-state index contributed by atoms with van der Waals surface area (Å²) in [5, 5.41) is 9.50. The lowest BCUT2D eigenvalue weighted by Crippen LogP contribution is -2.46. The summed E-state index contributed by atoms with van der Waals surface area (Å²) in [7, 11) is 3.54. The highest BCUT2D eigenvalue weighted by atomic mass is 16.1. The van der Waals surface area contributed by atoms with Crippen LogP contribution in [0.5, 0.6) is 0 Å². The molecule has 3 N–H and O–H groups in total. The van der Waals surface area contributed by atoms with E-state index >= 15 is 0 Å². The number of nitrogens with one attached hydrogen (secondary N) is 3. The molecule has 1 saturated heterocycles. The molecule has 0 unspecified atom stereocenters. The molecule has 1 aliphatic heterocycles. The van der Waals surface area contributed by atoms with Crippen molar-refractivity contribution in [2.24, 2.45) is 10.9 Å². The summed E-state index contributed by atoms with van der Waals surface area (Å²) in [6, 6.07) is 5.88. The van der Waals surface area contributed by atoms with Crippen LogP contribution in [0.4, 0.5) is 5.82 Å². The number of amides is 1. The summed E-state index contributed by atoms with van der Waals surface area (Å²) < 4.78 is 0. The Kier molecular flexibility index (Phi) is 8.72. The largest absolute Gasteiger partial charge is 0.370 e. The molecular weight excluding hydrogens is 328 g/mol. The zero-order valence-corrected chi connectivity index (χ0v) is 16.0. The molecule has 7 heteroatoms. The average Bonchev–Trinajstić information content (AvgIpc) is 2.69. The predicted molar refractivity (Wildman–Crippen MR) is 106 cm³/mol. The average molecular weight is 361 g/mol. The predicted octanol–water partition coefficient (Wildman–Crippen LogP) is 1.70. The maximum Gasteiger partial charge on any atom is 0.220 e. The molecule has 0 radical (unpaired) electrons. The van der Waals surface area contributed by atoms with Gasteiger partial charge >= 0.3 is 0 Å². The first-order valence-electron chi connectivity index (χ1n) is 9.54. The quantitative estimate of drug-likeness (QED) is 0.373. The Hall–Kier alpha value is -2.31. The second-order valence-corrected chi connectivity index (χ2v) is 6.63. The number of likely N-dealkylation sites (tertiary alicyclic amines) is 1. The number of aliphatic imine (C=N–C) groups is 1. The monoisotopic (exact) mass is 360 g/mol. The first-order chi connectivity index (χ1) is 12.7. The summed E-state index contributed by atoms with van der Waals surface area (Å²) in [6.07, 6.45) is 6.68. The second-order valence-electron chi connectivity index (χ2n) is 6.63. The molecule has 0 saturated carbocycles. The molecule has 26 heavy (non-hydrogen) atoms. The van der Waals surface area contributed by atoms with Gasteiger partial charge < -0.3 is 20.9 Å². The molecule has 0 bridgehead atoms. The minimum absolute atomic E-state index is 0.144. The summed E-state index contributed by atoms with van der Waals surface area (Å²) in [4.78, 5) is 22.5. The lowest BCUT2D eigenvalue weighted by molar-refractivity contribution is -0.121. The van der Waals surface area contributed by atoms with Gasteiger partial charge in [-0.25, -0.2) is 4.98 Å². The Morgan fingerprint density at radius 2 is 2.04 bits per heavy atom. The molecule has 1 aliphatic rings. The fourth-order valence-corrected chi connectivity index (χ4v) is 3.18. The van der Waals surface area contributed by atoms with Crippen LogP contribution in [0.25, 0.3) is 0 Å². The van der Waals surface area contributed by atoms with E-state index in [0.717, 1.165) is 63.6 Å². The Bertz CT molecular complexity index is 554. The van der Waals surface area contributed by atoms with Crippen LogP contribution in [-0.2, 0) is 4.79 Å². The smallest absolute Gasteiger partial charge is 0.220 e. The summed E-state index contributed by atoms with van der Waals surface area (Å²) in [5.74, 6) is 2.53. The van der Waals surface area contributed by atoms with E-state index in [-0.39, 0.29) is 5.91 Å². The fourth-order valence-electron chi connectivity index (χ4n) is 3.18. The van der Waals surface area contributed by atoms with E-state index in [1.165, 1.54) is 0 Å². The van der Waals surface area contributed by atoms with Gasteiger partial charge in [0.1, 0.15) is 5.82 Å². The molecule has 0 aromatic carbocycles. The number of unbranched alkanes of at least 4 members (excludes halogenated alkanes) is 1. The highest BCUT2D eigenvalue weighted by Crippen LogP contribution is 2.20. The second kappa shape index (κ2) is 11.3. The van der Waals surface area contributed by atoms with E-state index < -0.39 is 0 Å². The van der Waals surface area contributed by atoms with E-state index in [1.807, 2.05) is 25.2 Å². The van der Waals surface area contributed by atoms with Gasteiger partial charge in [-0.1, -0.05) is 6.07 Å². The van der Waals surface area contributed by atoms with Crippen molar-refractivity contribution in [3.8, 4) is 0 Å². The fraction of sp³-hybridized carbons (Fsp3) is 0.632. The molecule has 1 fully saturated rings. The van der Waals surface area contributed by atoms with Crippen molar-refractivity contribution in [2.45, 2.75) is 32.1 Å². The van der Waals surface area contributed by atoms with Crippen molar-refractivity contribution in [1.82, 2.24) is 20.5 Å². The van der Waals surface area contributed by atoms with Gasteiger partial charge in [-0.15, -0.1) is 0 Å². The first-order valence-corrected chi connectivity index (χ1v) is 9.54. The number of carbonyl (C=O) groups is 1. The number of pyridine rings is 1. The van der Waals surface area contributed by atoms with Crippen molar-refractivity contribution in [3.05, 3.63) is 24.4 Å². The Labute approximate surface area is 156 Å². The number of rotatable bonds is 8. The van der Waals surface area contributed by atoms with E-state index in [4.69, 9.17) is 0 Å². The molecule has 2 rings (SSSR count). The third-order valence-corrected chi connectivity index (χ3v) is 4.74. The normalized spacial score (nSPS) is 15.6. The molecule has 7 nitrogen and oxygen atoms in total. The molecule has 0 spiro atoms. The number of aromatic nitrogens is 1. The number of hydrogen-bond acceptors (Lipinski definition) is 4. The lowest BCUT2D eigenvalue weighted by Gasteiger charge is -2.34. The van der Waals surface area contributed by atoms with Crippen LogP contribution in [-0.4, -0.2) is 62.0 Å². The molecule has 1 aromatic heterocycles. The van der Waals surface area contributed by atoms with Gasteiger partial charge in [0.15, 0.2) is 5.96 Å². The lowest BCUT2D eigenvalue weighted by atomic mass is 9.93. The molecule has 144 valence electrons. The molecule has 1 aromatic rings. The standard InChI is InChI=1S/C19H32N6O/c1-20-18(26)15-16-8-13-25(14-9-16)19(21-2)24-12-6-5-11-23-17-7-3-4-10-22-17/h3-4,7,10,16H,5-6,8-9,11-15H2,1-2H3,(H,20,26)(H,21,24)(H,22,23). The topological polar surface area (TPSA) is 81.7 Å². The van der Waals surface area contributed by atoms with Crippen molar-refractivity contribution < 1.29 is 4.79 Å². The van der Waals surface area contributed by atoms with Crippen molar-refractivity contribution in [1.29, 1.82) is 0 Å². The van der Waals surface area contributed by atoms with Crippen LogP contribution in [0.2, 0.25) is 0 Å². The van der Waals surface area contributed by atoms with Gasteiger partial charge in [-0.2, -0.15) is 0 Å². The van der Waals surface area contributed by atoms with E-state index in [0.29, 0.717) is 12.3 Å². The number of piperidine rings is 1. The minimum atomic E-state index is 0.144. The zero-order valence-electron chi connectivity index (χ0n) is 16.0. The van der Waals surface area contributed by atoms with Gasteiger partial charge in [-0.3, -0.25) is 9.79 Å². The number of anilines is 1. The summed E-state index contributed by atoms with van der Waals surface area (Å²) in [6.45, 7) is 3.75. The van der Waals surface area contributed by atoms with Crippen molar-refractivity contribution in [3.63, 3.8) is 0 Å². The Balaban J connectivity index is 1.59. The van der Waals surface area contributed by atoms with Gasteiger partial charge in [0.05, 0.1) is 0 Å². The van der Waals surface area contributed by atoms with E-state index in [2.05, 4.69) is 30.8 Å². The maximum absolute atomic E-state index is 11.5. The minimum Gasteiger partial charge on any atom is -0.370 e. The maximum atomic E-state index is 11.5. The van der Waals surface area contributed by atoms with Gasteiger partial charge in [0.2, 0.25) is 5.91 Å². The third-order valence-electron chi connectivity index (χ3n) is 4.74. The number of nitrogens with zero attached hydrogens (tertiary/aromatic N) is 3. The molecule has 0 atom stereocenters. The highest BCUT2D eigenvalue weighted by Gasteiger charge is 2.22. The van der Waals surface area contributed by atoms with Crippen LogP contribution in [0.3, 0.4) is 0 Å². The van der Waals surface area contributed by atoms with Gasteiger partial charge in [-0.05, 0) is 43.7 Å². The van der Waals surface area contributed by atoms with Crippen molar-refractivity contribution >= 4 is 17.7 Å². The molecule has 0 aliphatic carbocycles. The van der Waals surface area contributed by atoms with Gasteiger partial charge in [0, 0.05) is 52.9 Å². The van der Waals surface area contributed by atoms with Crippen LogP contribution in [0, 0.1) is 5.92 Å². The molecule has 1 amide bonds. The Morgan fingerprint density at radius 1 is 1.27 bits per heavy atom. The third kappa shape index (κ3) is 6.90. The molecular formula is C19H32N6O. The van der Waals surface area contributed by atoms with Crippen LogP contribution >= 0.6 is 0 Å². The SMILES string of the molecule is CN=C(NCCCCNc1ccccn1)N1CCC(CC(=O)NC)CC1. The van der Waals surface area contributed by atoms with E-state index in [9.17, 15) is 4.79 Å². The molecule has 2 heterocycles. The van der Waals surface area contributed by atoms with Gasteiger partial charge in [0.25, 0.3) is 0 Å². The zero-order chi connectivity index (χ0) is 18.6. The summed E-state index contributed by atoms with van der Waals surface area (Å²) in [5.41, 5.74) is 0. The van der Waals surface area contributed by atoms with Crippen LogP contribution < -0.4 is 16.0 Å². The van der Waals surface area contributed by atoms with Crippen molar-refractivity contribution in [2.75, 3.05) is 45.6 Å². The highest BCUT2D eigenvalue weighted by molar-refractivity contribution is 5.80. The van der Waals surface area contributed by atoms with E-state index in [1.54, 1.807) is 13.2 Å².